The van der Waals surface area contributed by atoms with Gasteiger partial charge in [0.05, 0.1) is 0 Å². The SMILES string of the molecule is CC(C)(C)CC(=O)CCCNC(=O)CC(C)(C)C. The molecule has 0 aromatic rings. The Labute approximate surface area is 112 Å². The molecule has 3 heteroatoms. The molecule has 1 N–H and O–H groups in total. The highest BCUT2D eigenvalue weighted by molar-refractivity contribution is 5.79. The molecule has 0 radical (unpaired) electrons. The summed E-state index contributed by atoms with van der Waals surface area (Å²) in [7, 11) is 0. The predicted molar refractivity (Wildman–Crippen MR) is 75.4 cm³/mol. The van der Waals surface area contributed by atoms with E-state index in [-0.39, 0.29) is 22.5 Å². The number of rotatable bonds is 6. The fourth-order valence-corrected chi connectivity index (χ4v) is 1.74. The molecule has 0 aliphatic rings. The molecule has 0 fully saturated rings. The van der Waals surface area contributed by atoms with Crippen molar-refractivity contribution in [2.24, 2.45) is 10.8 Å². The first-order valence-corrected chi connectivity index (χ1v) is 6.78. The van der Waals surface area contributed by atoms with Crippen molar-refractivity contribution < 1.29 is 9.59 Å². The van der Waals surface area contributed by atoms with Gasteiger partial charge in [0.25, 0.3) is 0 Å². The number of Topliss-reactive ketones (excluding diaryl/α,β-unsaturated/α-hetero) is 1. The van der Waals surface area contributed by atoms with E-state index in [9.17, 15) is 9.59 Å². The third-order valence-electron chi connectivity index (χ3n) is 2.37. The summed E-state index contributed by atoms with van der Waals surface area (Å²) in [6.45, 7) is 12.9. The highest BCUT2D eigenvalue weighted by Gasteiger charge is 2.17. The van der Waals surface area contributed by atoms with Gasteiger partial charge in [0, 0.05) is 25.8 Å². The molecule has 0 aliphatic heterocycles. The van der Waals surface area contributed by atoms with Crippen molar-refractivity contribution >= 4 is 11.7 Å². The standard InChI is InChI=1S/C15H29NO2/c1-14(2,3)10-12(17)8-7-9-16-13(18)11-15(4,5)6/h7-11H2,1-6H3,(H,16,18). The lowest BCUT2D eigenvalue weighted by Gasteiger charge is -2.18. The van der Waals surface area contributed by atoms with E-state index in [2.05, 4.69) is 26.1 Å². The van der Waals surface area contributed by atoms with Crippen LogP contribution in [0.1, 0.15) is 67.2 Å². The Morgan fingerprint density at radius 2 is 1.39 bits per heavy atom. The largest absolute Gasteiger partial charge is 0.356 e. The Hall–Kier alpha value is -0.860. The van der Waals surface area contributed by atoms with Gasteiger partial charge < -0.3 is 5.32 Å². The van der Waals surface area contributed by atoms with Crippen molar-refractivity contribution in [2.75, 3.05) is 6.54 Å². The summed E-state index contributed by atoms with van der Waals surface area (Å²) in [5.74, 6) is 0.360. The Kier molecular flexibility index (Phi) is 6.58. The number of nitrogens with one attached hydrogen (secondary N) is 1. The van der Waals surface area contributed by atoms with Crippen LogP contribution in [0.2, 0.25) is 0 Å². The second-order valence-electron chi connectivity index (χ2n) is 7.47. The zero-order chi connectivity index (χ0) is 14.4. The van der Waals surface area contributed by atoms with Crippen LogP contribution >= 0.6 is 0 Å². The van der Waals surface area contributed by atoms with E-state index in [1.807, 2.05) is 20.8 Å². The van der Waals surface area contributed by atoms with Gasteiger partial charge in [-0.05, 0) is 17.3 Å². The summed E-state index contributed by atoms with van der Waals surface area (Å²) in [5, 5.41) is 2.87. The van der Waals surface area contributed by atoms with Crippen molar-refractivity contribution in [1.82, 2.24) is 5.32 Å². The maximum absolute atomic E-state index is 11.6. The van der Waals surface area contributed by atoms with E-state index in [1.165, 1.54) is 0 Å². The average Bonchev–Trinajstić information content (AvgIpc) is 2.06. The molecular weight excluding hydrogens is 226 g/mol. The van der Waals surface area contributed by atoms with Crippen LogP contribution < -0.4 is 5.32 Å². The van der Waals surface area contributed by atoms with E-state index < -0.39 is 0 Å². The lowest BCUT2D eigenvalue weighted by atomic mass is 9.89. The monoisotopic (exact) mass is 255 g/mol. The lowest BCUT2D eigenvalue weighted by molar-refractivity contribution is -0.123. The summed E-state index contributed by atoms with van der Waals surface area (Å²) in [6, 6.07) is 0. The second-order valence-corrected chi connectivity index (χ2v) is 7.47. The number of hydrogen-bond acceptors (Lipinski definition) is 2. The van der Waals surface area contributed by atoms with E-state index in [0.717, 1.165) is 6.42 Å². The van der Waals surface area contributed by atoms with Gasteiger partial charge in [-0.2, -0.15) is 0 Å². The second kappa shape index (κ2) is 6.91. The van der Waals surface area contributed by atoms with Gasteiger partial charge in [-0.3, -0.25) is 9.59 Å². The maximum atomic E-state index is 11.6. The molecule has 0 saturated heterocycles. The molecule has 0 rings (SSSR count). The van der Waals surface area contributed by atoms with Gasteiger partial charge in [0.15, 0.2) is 0 Å². The minimum atomic E-state index is 0.0200. The van der Waals surface area contributed by atoms with Gasteiger partial charge in [-0.15, -0.1) is 0 Å². The van der Waals surface area contributed by atoms with Crippen molar-refractivity contribution in [3.8, 4) is 0 Å². The summed E-state index contributed by atoms with van der Waals surface area (Å²) in [4.78, 5) is 23.2. The fraction of sp³-hybridized carbons (Fsp3) is 0.867. The molecule has 0 unspecified atom stereocenters. The van der Waals surface area contributed by atoms with Gasteiger partial charge >= 0.3 is 0 Å². The third-order valence-corrected chi connectivity index (χ3v) is 2.37. The molecule has 3 nitrogen and oxygen atoms in total. The van der Waals surface area contributed by atoms with Crippen molar-refractivity contribution in [3.05, 3.63) is 0 Å². The van der Waals surface area contributed by atoms with Crippen LogP contribution in [-0.4, -0.2) is 18.2 Å². The first-order valence-electron chi connectivity index (χ1n) is 6.78. The molecule has 0 aromatic heterocycles. The summed E-state index contributed by atoms with van der Waals surface area (Å²) in [5.41, 5.74) is 0.0820. The Balaban J connectivity index is 3.69. The number of carbonyl (C=O) groups excluding carboxylic acids is 2. The molecule has 1 amide bonds. The van der Waals surface area contributed by atoms with Crippen LogP contribution in [0.5, 0.6) is 0 Å². The highest BCUT2D eigenvalue weighted by Crippen LogP contribution is 2.20. The van der Waals surface area contributed by atoms with Crippen molar-refractivity contribution in [3.63, 3.8) is 0 Å². The van der Waals surface area contributed by atoms with Gasteiger partial charge in [0.2, 0.25) is 5.91 Å². The first kappa shape index (κ1) is 17.1. The highest BCUT2D eigenvalue weighted by atomic mass is 16.1. The zero-order valence-electron chi connectivity index (χ0n) is 12.9. The van der Waals surface area contributed by atoms with Crippen LogP contribution in [0.25, 0.3) is 0 Å². The minimum absolute atomic E-state index is 0.0200. The van der Waals surface area contributed by atoms with Gasteiger partial charge in [-0.1, -0.05) is 41.5 Å². The summed E-state index contributed by atoms with van der Waals surface area (Å²) < 4.78 is 0. The quantitative estimate of drug-likeness (QED) is 0.740. The maximum Gasteiger partial charge on any atom is 0.220 e. The molecule has 0 bridgehead atoms. The van der Waals surface area contributed by atoms with E-state index in [4.69, 9.17) is 0 Å². The Morgan fingerprint density at radius 3 is 1.83 bits per heavy atom. The number of hydrogen-bond donors (Lipinski definition) is 1. The molecular formula is C15H29NO2. The molecule has 0 atom stereocenters. The molecule has 18 heavy (non-hydrogen) atoms. The van der Waals surface area contributed by atoms with Crippen LogP contribution in [0, 0.1) is 10.8 Å². The van der Waals surface area contributed by atoms with E-state index in [1.54, 1.807) is 0 Å². The molecule has 0 spiro atoms. The summed E-state index contributed by atoms with van der Waals surface area (Å²) >= 11 is 0. The lowest BCUT2D eigenvalue weighted by Crippen LogP contribution is -2.28. The van der Waals surface area contributed by atoms with Gasteiger partial charge in [-0.25, -0.2) is 0 Å². The zero-order valence-corrected chi connectivity index (χ0v) is 12.9. The van der Waals surface area contributed by atoms with Crippen LogP contribution in [0.4, 0.5) is 0 Å². The molecule has 0 aromatic carbocycles. The fourth-order valence-electron chi connectivity index (χ4n) is 1.74. The van der Waals surface area contributed by atoms with Gasteiger partial charge in [0.1, 0.15) is 5.78 Å². The van der Waals surface area contributed by atoms with Crippen molar-refractivity contribution in [2.45, 2.75) is 67.2 Å². The van der Waals surface area contributed by atoms with Crippen LogP contribution in [0.15, 0.2) is 0 Å². The molecule has 0 aliphatic carbocycles. The molecule has 106 valence electrons. The Bertz CT molecular complexity index is 252. The summed E-state index contributed by atoms with van der Waals surface area (Å²) in [6.07, 6.45) is 2.45. The van der Waals surface area contributed by atoms with Crippen LogP contribution in [0.3, 0.4) is 0 Å². The average molecular weight is 255 g/mol. The number of carbonyl (C=O) groups is 2. The Morgan fingerprint density at radius 1 is 0.889 bits per heavy atom. The normalized spacial score (nSPS) is 12.3. The topological polar surface area (TPSA) is 46.2 Å². The van der Waals surface area contributed by atoms with Crippen molar-refractivity contribution in [1.29, 1.82) is 0 Å². The third kappa shape index (κ3) is 11.6. The number of amides is 1. The molecule has 0 saturated carbocycles. The van der Waals surface area contributed by atoms with Crippen LogP contribution in [-0.2, 0) is 9.59 Å². The first-order chi connectivity index (χ1) is 7.99. The number of ketones is 1. The minimum Gasteiger partial charge on any atom is -0.356 e. The van der Waals surface area contributed by atoms with E-state index >= 15 is 0 Å². The van der Waals surface area contributed by atoms with E-state index in [0.29, 0.717) is 25.8 Å². The smallest absolute Gasteiger partial charge is 0.220 e. The molecule has 0 heterocycles. The predicted octanol–water partition coefficient (Wildman–Crippen LogP) is 3.32.